The Kier molecular flexibility index (Phi) is 8.65. The van der Waals surface area contributed by atoms with E-state index in [1.807, 2.05) is 24.3 Å². The van der Waals surface area contributed by atoms with Crippen LogP contribution in [0.25, 0.3) is 10.1 Å². The van der Waals surface area contributed by atoms with Crippen molar-refractivity contribution in [1.82, 2.24) is 10.1 Å². The fourth-order valence-corrected chi connectivity index (χ4v) is 5.71. The first-order chi connectivity index (χ1) is 18.2. The standard InChI is InChI=1S/C25H19Cl2N3O6S2/c1-35-20-12-15(13-28-30-22(31)14-29-38(33,34)17-9-7-16(26)8-10-17)6-11-19(20)36-25(32)24-23(27)18-4-2-3-5-21(18)37-24/h2-13,29H,14H2,1H3,(H,30,31)/b28-13+. The monoisotopic (exact) mass is 591 g/mol. The molecule has 3 aromatic carbocycles. The molecule has 4 rings (SSSR count). The van der Waals surface area contributed by atoms with Crippen molar-refractivity contribution >= 4 is 72.7 Å². The zero-order valence-electron chi connectivity index (χ0n) is 19.6. The number of methoxy groups -OCH3 is 1. The number of carbonyl (C=O) groups is 2. The molecule has 1 amide bonds. The third-order valence-corrected chi connectivity index (χ3v) is 8.38. The number of amides is 1. The van der Waals surface area contributed by atoms with Crippen molar-refractivity contribution in [3.63, 3.8) is 0 Å². The van der Waals surface area contributed by atoms with Gasteiger partial charge in [-0.2, -0.15) is 5.10 Å². The molecule has 1 heterocycles. The number of esters is 1. The maximum absolute atomic E-state index is 12.8. The van der Waals surface area contributed by atoms with E-state index in [4.69, 9.17) is 32.7 Å². The molecule has 13 heteroatoms. The third-order valence-electron chi connectivity index (χ3n) is 5.06. The van der Waals surface area contributed by atoms with Crippen LogP contribution in [0, 0.1) is 0 Å². The number of hydrazone groups is 1. The van der Waals surface area contributed by atoms with Gasteiger partial charge in [0.2, 0.25) is 10.0 Å². The summed E-state index contributed by atoms with van der Waals surface area (Å²) < 4.78 is 38.4. The van der Waals surface area contributed by atoms with Gasteiger partial charge in [-0.15, -0.1) is 11.3 Å². The van der Waals surface area contributed by atoms with Crippen LogP contribution in [0.4, 0.5) is 0 Å². The molecule has 1 aromatic heterocycles. The maximum atomic E-state index is 12.8. The lowest BCUT2D eigenvalue weighted by molar-refractivity contribution is -0.119. The van der Waals surface area contributed by atoms with E-state index in [-0.39, 0.29) is 21.3 Å². The predicted octanol–water partition coefficient (Wildman–Crippen LogP) is 4.86. The number of ether oxygens (including phenoxy) is 2. The summed E-state index contributed by atoms with van der Waals surface area (Å²) in [7, 11) is -2.48. The second-order valence-corrected chi connectivity index (χ2v) is 11.2. The van der Waals surface area contributed by atoms with Crippen LogP contribution in [0.5, 0.6) is 11.5 Å². The second kappa shape index (κ2) is 11.9. The first-order valence-corrected chi connectivity index (χ1v) is 13.9. The van der Waals surface area contributed by atoms with Gasteiger partial charge in [0, 0.05) is 15.1 Å². The maximum Gasteiger partial charge on any atom is 0.355 e. The van der Waals surface area contributed by atoms with Crippen LogP contribution in [-0.4, -0.2) is 40.2 Å². The Balaban J connectivity index is 1.36. The average Bonchev–Trinajstić information content (AvgIpc) is 3.25. The Hall–Kier alpha value is -3.48. The van der Waals surface area contributed by atoms with Gasteiger partial charge >= 0.3 is 5.97 Å². The summed E-state index contributed by atoms with van der Waals surface area (Å²) in [6.45, 7) is -0.527. The molecule has 0 saturated carbocycles. The predicted molar refractivity (Wildman–Crippen MR) is 147 cm³/mol. The lowest BCUT2D eigenvalue weighted by Gasteiger charge is -2.09. The zero-order valence-corrected chi connectivity index (χ0v) is 22.7. The molecule has 0 aliphatic rings. The molecule has 9 nitrogen and oxygen atoms in total. The highest BCUT2D eigenvalue weighted by molar-refractivity contribution is 7.89. The minimum atomic E-state index is -3.89. The fraction of sp³-hybridized carbons (Fsp3) is 0.0800. The summed E-state index contributed by atoms with van der Waals surface area (Å²) in [5.74, 6) is -0.883. The summed E-state index contributed by atoms with van der Waals surface area (Å²) in [4.78, 5) is 25.0. The van der Waals surface area contributed by atoms with Crippen molar-refractivity contribution in [2.45, 2.75) is 4.90 Å². The normalized spacial score (nSPS) is 11.6. The Morgan fingerprint density at radius 1 is 1.03 bits per heavy atom. The molecule has 0 fully saturated rings. The number of nitrogens with zero attached hydrogens (tertiary/aromatic N) is 1. The summed E-state index contributed by atoms with van der Waals surface area (Å²) in [5, 5.41) is 5.30. The summed E-state index contributed by atoms with van der Waals surface area (Å²) in [5.41, 5.74) is 2.75. The molecule has 4 aromatic rings. The number of fused-ring (bicyclic) bond motifs is 1. The third kappa shape index (κ3) is 6.50. The smallest absolute Gasteiger partial charge is 0.355 e. The molecular formula is C25H19Cl2N3O6S2. The Labute approximate surface area is 232 Å². The van der Waals surface area contributed by atoms with Crippen LogP contribution < -0.4 is 19.6 Å². The van der Waals surface area contributed by atoms with Crippen LogP contribution in [0.1, 0.15) is 15.2 Å². The van der Waals surface area contributed by atoms with Crippen LogP contribution in [0.15, 0.2) is 76.7 Å². The van der Waals surface area contributed by atoms with Crippen molar-refractivity contribution in [2.24, 2.45) is 5.10 Å². The van der Waals surface area contributed by atoms with Gasteiger partial charge in [-0.3, -0.25) is 4.79 Å². The highest BCUT2D eigenvalue weighted by Gasteiger charge is 2.20. The van der Waals surface area contributed by atoms with Crippen LogP contribution in [0.2, 0.25) is 10.0 Å². The largest absolute Gasteiger partial charge is 0.493 e. The summed E-state index contributed by atoms with van der Waals surface area (Å²) in [6.07, 6.45) is 1.32. The lowest BCUT2D eigenvalue weighted by Crippen LogP contribution is -2.34. The molecule has 0 spiro atoms. The van der Waals surface area contributed by atoms with Crippen LogP contribution >= 0.6 is 34.5 Å². The van der Waals surface area contributed by atoms with Gasteiger partial charge in [-0.05, 0) is 54.1 Å². The number of hydrogen-bond donors (Lipinski definition) is 2. The minimum absolute atomic E-state index is 0.0271. The Morgan fingerprint density at radius 3 is 2.47 bits per heavy atom. The van der Waals surface area contributed by atoms with Gasteiger partial charge < -0.3 is 9.47 Å². The van der Waals surface area contributed by atoms with Crippen LogP contribution in [0.3, 0.4) is 0 Å². The van der Waals surface area contributed by atoms with Crippen molar-refractivity contribution in [3.8, 4) is 11.5 Å². The second-order valence-electron chi connectivity index (χ2n) is 7.61. The van der Waals surface area contributed by atoms with E-state index in [1.54, 1.807) is 12.1 Å². The highest BCUT2D eigenvalue weighted by Crippen LogP contribution is 2.37. The zero-order chi connectivity index (χ0) is 27.3. The molecular weight excluding hydrogens is 573 g/mol. The average molecular weight is 592 g/mol. The molecule has 38 heavy (non-hydrogen) atoms. The fourth-order valence-electron chi connectivity index (χ4n) is 3.22. The van der Waals surface area contributed by atoms with E-state index < -0.39 is 28.4 Å². The van der Waals surface area contributed by atoms with E-state index in [1.165, 1.54) is 55.0 Å². The van der Waals surface area contributed by atoms with E-state index in [0.717, 1.165) is 10.1 Å². The number of rotatable bonds is 9. The Morgan fingerprint density at radius 2 is 1.76 bits per heavy atom. The summed E-state index contributed by atoms with van der Waals surface area (Å²) in [6, 6.07) is 17.6. The van der Waals surface area contributed by atoms with Crippen molar-refractivity contribution in [2.75, 3.05) is 13.7 Å². The van der Waals surface area contributed by atoms with Gasteiger partial charge in [-0.1, -0.05) is 41.4 Å². The number of carbonyl (C=O) groups excluding carboxylic acids is 2. The van der Waals surface area contributed by atoms with Crippen molar-refractivity contribution < 1.29 is 27.5 Å². The first-order valence-electron chi connectivity index (χ1n) is 10.8. The number of halogens is 2. The first kappa shape index (κ1) is 27.6. The number of sulfonamides is 1. The van der Waals surface area contributed by atoms with Crippen LogP contribution in [-0.2, 0) is 14.8 Å². The molecule has 0 aliphatic carbocycles. The molecule has 0 atom stereocenters. The van der Waals surface area contributed by atoms with Gasteiger partial charge in [-0.25, -0.2) is 23.4 Å². The molecule has 0 aliphatic heterocycles. The number of hydrogen-bond acceptors (Lipinski definition) is 8. The number of nitrogens with one attached hydrogen (secondary N) is 2. The molecule has 0 radical (unpaired) electrons. The lowest BCUT2D eigenvalue weighted by atomic mass is 10.2. The number of benzene rings is 3. The minimum Gasteiger partial charge on any atom is -0.493 e. The Bertz CT molecular complexity index is 1640. The van der Waals surface area contributed by atoms with Crippen molar-refractivity contribution in [3.05, 3.63) is 87.2 Å². The number of thiophene rings is 1. The quantitative estimate of drug-likeness (QED) is 0.124. The molecule has 196 valence electrons. The topological polar surface area (TPSA) is 123 Å². The molecule has 2 N–H and O–H groups in total. The molecule has 0 unspecified atom stereocenters. The summed E-state index contributed by atoms with van der Waals surface area (Å²) >= 11 is 13.4. The van der Waals surface area contributed by atoms with E-state index in [2.05, 4.69) is 15.2 Å². The van der Waals surface area contributed by atoms with E-state index >= 15 is 0 Å². The highest BCUT2D eigenvalue weighted by atomic mass is 35.5. The molecule has 0 bridgehead atoms. The van der Waals surface area contributed by atoms with Gasteiger partial charge in [0.05, 0.1) is 29.8 Å². The van der Waals surface area contributed by atoms with Crippen molar-refractivity contribution in [1.29, 1.82) is 0 Å². The van der Waals surface area contributed by atoms with Gasteiger partial charge in [0.25, 0.3) is 5.91 Å². The van der Waals surface area contributed by atoms with E-state index in [9.17, 15) is 18.0 Å². The van der Waals surface area contributed by atoms with Gasteiger partial charge in [0.15, 0.2) is 11.5 Å². The van der Waals surface area contributed by atoms with E-state index in [0.29, 0.717) is 15.6 Å². The SMILES string of the molecule is COc1cc(/C=N/NC(=O)CNS(=O)(=O)c2ccc(Cl)cc2)ccc1OC(=O)c1sc2ccccc2c1Cl. The molecule has 0 saturated heterocycles. The van der Waals surface area contributed by atoms with Gasteiger partial charge in [0.1, 0.15) is 4.88 Å².